The molecule has 2 N–H and O–H groups in total. The van der Waals surface area contributed by atoms with Gasteiger partial charge in [0.1, 0.15) is 0 Å². The molecule has 28 heavy (non-hydrogen) atoms. The topological polar surface area (TPSA) is 67.9 Å². The maximum absolute atomic E-state index is 11.3. The molecule has 1 unspecified atom stereocenters. The average molecular weight is 377 g/mol. The Balaban J connectivity index is 1.51. The second-order valence-electron chi connectivity index (χ2n) is 7.66. The number of hydrogen-bond donors (Lipinski definition) is 1. The summed E-state index contributed by atoms with van der Waals surface area (Å²) in [5.74, 6) is -0.474. The van der Waals surface area contributed by atoms with Crippen molar-refractivity contribution < 1.29 is 9.63 Å². The van der Waals surface area contributed by atoms with E-state index in [-0.39, 0.29) is 0 Å². The van der Waals surface area contributed by atoms with Crippen molar-refractivity contribution in [3.05, 3.63) is 59.7 Å². The summed E-state index contributed by atoms with van der Waals surface area (Å²) in [5, 5.41) is 4.02. The van der Waals surface area contributed by atoms with Crippen molar-refractivity contribution in [3.8, 4) is 11.1 Å². The van der Waals surface area contributed by atoms with Gasteiger partial charge in [0.25, 0.3) is 5.91 Å². The predicted molar refractivity (Wildman–Crippen MR) is 111 cm³/mol. The Kier molecular flexibility index (Phi) is 5.72. The van der Waals surface area contributed by atoms with E-state index in [0.717, 1.165) is 17.8 Å². The third-order valence-electron chi connectivity index (χ3n) is 5.63. The largest absolute Gasteiger partial charge is 0.382 e. The lowest BCUT2D eigenvalue weighted by Gasteiger charge is -2.21. The van der Waals surface area contributed by atoms with Gasteiger partial charge < -0.3 is 10.6 Å². The maximum Gasteiger partial charge on any atom is 0.261 e. The number of primary amides is 1. The standard InChI is InChI=1S/C23H27N3O2/c24-23(27)22-15-21(25-28-22)18-11-9-17(10-12-18)20-8-4-3-7-19(20)16-26-13-5-1-2-6-14-26/h3-4,7-12,22H,1-2,5-6,13-16H2,(H2,24,27). The van der Waals surface area contributed by atoms with Gasteiger partial charge >= 0.3 is 0 Å². The molecule has 4 rings (SSSR count). The van der Waals surface area contributed by atoms with Gasteiger partial charge in [-0.2, -0.15) is 0 Å². The normalized spacial score (nSPS) is 20.3. The molecule has 1 saturated heterocycles. The molecule has 5 heteroatoms. The van der Waals surface area contributed by atoms with Crippen molar-refractivity contribution in [2.45, 2.75) is 44.8 Å². The Hall–Kier alpha value is -2.66. The second-order valence-corrected chi connectivity index (χ2v) is 7.66. The van der Waals surface area contributed by atoms with Crippen molar-refractivity contribution >= 4 is 11.6 Å². The number of rotatable bonds is 5. The highest BCUT2D eigenvalue weighted by atomic mass is 16.6. The molecule has 0 saturated carbocycles. The summed E-state index contributed by atoms with van der Waals surface area (Å²) < 4.78 is 0. The molecule has 1 amide bonds. The van der Waals surface area contributed by atoms with Crippen LogP contribution in [0.1, 0.15) is 43.2 Å². The molecular weight excluding hydrogens is 350 g/mol. The van der Waals surface area contributed by atoms with Crippen molar-refractivity contribution in [1.29, 1.82) is 0 Å². The number of carbonyl (C=O) groups excluding carboxylic acids is 1. The quantitative estimate of drug-likeness (QED) is 0.864. The molecular formula is C23H27N3O2. The van der Waals surface area contributed by atoms with Crippen molar-refractivity contribution in [3.63, 3.8) is 0 Å². The number of oxime groups is 1. The summed E-state index contributed by atoms with van der Waals surface area (Å²) >= 11 is 0. The molecule has 0 aromatic heterocycles. The number of carbonyl (C=O) groups is 1. The number of benzene rings is 2. The highest BCUT2D eigenvalue weighted by molar-refractivity contribution is 6.04. The fourth-order valence-electron chi connectivity index (χ4n) is 4.02. The molecule has 146 valence electrons. The Bertz CT molecular complexity index is 852. The van der Waals surface area contributed by atoms with Crippen LogP contribution in [0.3, 0.4) is 0 Å². The molecule has 2 aromatic carbocycles. The molecule has 0 bridgehead atoms. The zero-order valence-electron chi connectivity index (χ0n) is 16.1. The van der Waals surface area contributed by atoms with Crippen LogP contribution in [0, 0.1) is 0 Å². The summed E-state index contributed by atoms with van der Waals surface area (Å²) in [6.07, 6.45) is 5.08. The van der Waals surface area contributed by atoms with Crippen LogP contribution in [0.15, 0.2) is 53.7 Å². The first-order valence-electron chi connectivity index (χ1n) is 10.1. The van der Waals surface area contributed by atoms with E-state index in [1.54, 1.807) is 0 Å². The highest BCUT2D eigenvalue weighted by Crippen LogP contribution is 2.27. The van der Waals surface area contributed by atoms with Gasteiger partial charge in [0.05, 0.1) is 5.71 Å². The van der Waals surface area contributed by atoms with Gasteiger partial charge in [-0.25, -0.2) is 0 Å². The second kappa shape index (κ2) is 8.57. The minimum Gasteiger partial charge on any atom is -0.382 e. The Morgan fingerprint density at radius 2 is 1.68 bits per heavy atom. The number of likely N-dealkylation sites (tertiary alicyclic amines) is 1. The lowest BCUT2D eigenvalue weighted by atomic mass is 9.96. The number of amides is 1. The zero-order valence-corrected chi connectivity index (χ0v) is 16.1. The summed E-state index contributed by atoms with van der Waals surface area (Å²) in [4.78, 5) is 19.0. The molecule has 0 aliphatic carbocycles. The van der Waals surface area contributed by atoms with Crippen LogP contribution in [-0.4, -0.2) is 35.7 Å². The lowest BCUT2D eigenvalue weighted by Crippen LogP contribution is -2.28. The minimum atomic E-state index is -0.649. The van der Waals surface area contributed by atoms with E-state index in [2.05, 4.69) is 46.5 Å². The third-order valence-corrected chi connectivity index (χ3v) is 5.63. The SMILES string of the molecule is NC(=O)C1CC(c2ccc(-c3ccccc3CN3CCCCCC3)cc2)=NO1. The number of hydrogen-bond acceptors (Lipinski definition) is 4. The number of nitrogens with two attached hydrogens (primary N) is 1. The molecule has 2 aliphatic heterocycles. The summed E-state index contributed by atoms with van der Waals surface area (Å²) in [5.41, 5.74) is 10.9. The van der Waals surface area contributed by atoms with Gasteiger partial charge in [-0.15, -0.1) is 0 Å². The Morgan fingerprint density at radius 3 is 2.36 bits per heavy atom. The molecule has 2 heterocycles. The van der Waals surface area contributed by atoms with Gasteiger partial charge in [0.2, 0.25) is 6.10 Å². The van der Waals surface area contributed by atoms with Crippen LogP contribution >= 0.6 is 0 Å². The first kappa shape index (κ1) is 18.7. The lowest BCUT2D eigenvalue weighted by molar-refractivity contribution is -0.127. The smallest absolute Gasteiger partial charge is 0.261 e. The predicted octanol–water partition coefficient (Wildman–Crippen LogP) is 3.71. The Labute approximate surface area is 166 Å². The van der Waals surface area contributed by atoms with Crippen LogP contribution in [0.2, 0.25) is 0 Å². The summed E-state index contributed by atoms with van der Waals surface area (Å²) in [6, 6.07) is 17.0. The van der Waals surface area contributed by atoms with E-state index in [1.165, 1.54) is 55.5 Å². The van der Waals surface area contributed by atoms with Gasteiger partial charge in [-0.05, 0) is 48.2 Å². The highest BCUT2D eigenvalue weighted by Gasteiger charge is 2.26. The van der Waals surface area contributed by atoms with Gasteiger partial charge in [0.15, 0.2) is 0 Å². The average Bonchev–Trinajstić information content (AvgIpc) is 3.08. The van der Waals surface area contributed by atoms with Crippen molar-refractivity contribution in [2.24, 2.45) is 10.9 Å². The minimum absolute atomic E-state index is 0.431. The molecule has 1 fully saturated rings. The van der Waals surface area contributed by atoms with E-state index >= 15 is 0 Å². The molecule has 2 aliphatic rings. The summed E-state index contributed by atoms with van der Waals surface area (Å²) in [7, 11) is 0. The maximum atomic E-state index is 11.3. The van der Waals surface area contributed by atoms with E-state index in [1.807, 2.05) is 12.1 Å². The van der Waals surface area contributed by atoms with E-state index in [0.29, 0.717) is 6.42 Å². The molecule has 1 atom stereocenters. The fraction of sp³-hybridized carbons (Fsp3) is 0.391. The van der Waals surface area contributed by atoms with Crippen LogP contribution in [0.5, 0.6) is 0 Å². The summed E-state index contributed by atoms with van der Waals surface area (Å²) in [6.45, 7) is 3.38. The fourth-order valence-corrected chi connectivity index (χ4v) is 4.02. The van der Waals surface area contributed by atoms with E-state index < -0.39 is 12.0 Å². The first-order valence-corrected chi connectivity index (χ1v) is 10.1. The van der Waals surface area contributed by atoms with Crippen LogP contribution in [-0.2, 0) is 16.2 Å². The van der Waals surface area contributed by atoms with Crippen molar-refractivity contribution in [2.75, 3.05) is 13.1 Å². The van der Waals surface area contributed by atoms with Gasteiger partial charge in [0, 0.05) is 13.0 Å². The van der Waals surface area contributed by atoms with Gasteiger partial charge in [-0.3, -0.25) is 9.69 Å². The number of nitrogens with zero attached hydrogens (tertiary/aromatic N) is 2. The molecule has 0 radical (unpaired) electrons. The third kappa shape index (κ3) is 4.25. The molecule has 2 aromatic rings. The Morgan fingerprint density at radius 1 is 1.00 bits per heavy atom. The van der Waals surface area contributed by atoms with Crippen LogP contribution in [0.25, 0.3) is 11.1 Å². The molecule has 0 spiro atoms. The van der Waals surface area contributed by atoms with Crippen LogP contribution < -0.4 is 5.73 Å². The van der Waals surface area contributed by atoms with Crippen molar-refractivity contribution in [1.82, 2.24) is 4.90 Å². The first-order chi connectivity index (χ1) is 13.7. The zero-order chi connectivity index (χ0) is 19.3. The van der Waals surface area contributed by atoms with Crippen LogP contribution in [0.4, 0.5) is 0 Å². The van der Waals surface area contributed by atoms with E-state index in [9.17, 15) is 4.79 Å². The van der Waals surface area contributed by atoms with E-state index in [4.69, 9.17) is 10.6 Å². The monoisotopic (exact) mass is 377 g/mol. The molecule has 5 nitrogen and oxygen atoms in total. The van der Waals surface area contributed by atoms with Gasteiger partial charge in [-0.1, -0.05) is 66.5 Å².